The van der Waals surface area contributed by atoms with Crippen LogP contribution in [0.3, 0.4) is 0 Å². The summed E-state index contributed by atoms with van der Waals surface area (Å²) in [5.74, 6) is 0.401. The lowest BCUT2D eigenvalue weighted by Crippen LogP contribution is -2.43. The fourth-order valence-corrected chi connectivity index (χ4v) is 5.93. The van der Waals surface area contributed by atoms with Crippen molar-refractivity contribution in [1.29, 1.82) is 0 Å². The van der Waals surface area contributed by atoms with Crippen LogP contribution < -0.4 is 0 Å². The average molecular weight is 441 g/mol. The zero-order valence-electron chi connectivity index (χ0n) is 18.4. The Balaban J connectivity index is 1.52. The molecule has 4 aromatic rings. The van der Waals surface area contributed by atoms with Gasteiger partial charge in [0.25, 0.3) is 0 Å². The van der Waals surface area contributed by atoms with E-state index in [0.717, 1.165) is 60.2 Å². The summed E-state index contributed by atoms with van der Waals surface area (Å²) in [7, 11) is 0. The first-order valence-corrected chi connectivity index (χ1v) is 11.7. The summed E-state index contributed by atoms with van der Waals surface area (Å²) in [5, 5.41) is 5.55. The van der Waals surface area contributed by atoms with Crippen molar-refractivity contribution in [3.63, 3.8) is 0 Å². The maximum absolute atomic E-state index is 13.4. The summed E-state index contributed by atoms with van der Waals surface area (Å²) in [5.41, 5.74) is 4.85. The number of nitrogens with zero attached hydrogens (tertiary/aromatic N) is 4. The number of carbonyl (C=O) groups excluding carboxylic acids is 1. The lowest BCUT2D eigenvalue weighted by Gasteiger charge is -2.44. The van der Waals surface area contributed by atoms with Crippen LogP contribution in [0.5, 0.6) is 0 Å². The van der Waals surface area contributed by atoms with Crippen LogP contribution in [-0.2, 0) is 23.1 Å². The second kappa shape index (κ2) is 7.87. The Kier molecular flexibility index (Phi) is 4.82. The van der Waals surface area contributed by atoms with Gasteiger partial charge in [-0.25, -0.2) is 14.1 Å². The van der Waals surface area contributed by atoms with Gasteiger partial charge in [-0.2, -0.15) is 5.10 Å². The van der Waals surface area contributed by atoms with E-state index >= 15 is 0 Å². The van der Waals surface area contributed by atoms with Crippen molar-refractivity contribution in [2.24, 2.45) is 5.92 Å². The van der Waals surface area contributed by atoms with Crippen molar-refractivity contribution in [1.82, 2.24) is 19.7 Å². The van der Waals surface area contributed by atoms with E-state index in [9.17, 15) is 9.18 Å². The minimum atomic E-state index is -0.272. The molecule has 33 heavy (non-hydrogen) atoms. The maximum Gasteiger partial charge on any atom is 0.163 e. The number of ketones is 1. The van der Waals surface area contributed by atoms with Crippen LogP contribution in [0.2, 0.25) is 0 Å². The van der Waals surface area contributed by atoms with Crippen molar-refractivity contribution in [3.05, 3.63) is 83.7 Å². The number of fused-ring (bicyclic) bond motifs is 4. The van der Waals surface area contributed by atoms with E-state index < -0.39 is 0 Å². The molecule has 0 spiro atoms. The number of aryl methyl sites for hydroxylation is 1. The minimum Gasteiger partial charge on any atom is -0.300 e. The second-order valence-corrected chi connectivity index (χ2v) is 9.41. The summed E-state index contributed by atoms with van der Waals surface area (Å²) >= 11 is 0. The molecule has 1 fully saturated rings. The molecule has 0 amide bonds. The van der Waals surface area contributed by atoms with Gasteiger partial charge in [0.15, 0.2) is 5.65 Å². The lowest BCUT2D eigenvalue weighted by molar-refractivity contribution is -0.123. The number of hydrogen-bond acceptors (Lipinski definition) is 4. The number of hydrogen-bond donors (Lipinski definition) is 0. The fraction of sp³-hybridized carbons (Fsp3) is 0.333. The standard InChI is InChI=1S/C27H25FN4O/c28-20-7-9-22(10-8-20)32-26-18(17-30-32)14-24-25(31-26)6-3-4-19-15-23(33)11-12-27(19,24)16-21-5-1-2-13-29-21/h1-2,5,7-10,13-14,17,19H,3-4,6,11-12,15-16H2. The lowest BCUT2D eigenvalue weighted by atomic mass is 9.59. The number of benzene rings is 1. The highest BCUT2D eigenvalue weighted by Gasteiger charge is 2.47. The predicted octanol–water partition coefficient (Wildman–Crippen LogP) is 5.14. The molecule has 1 saturated carbocycles. The van der Waals surface area contributed by atoms with Crippen LogP contribution in [0.15, 0.2) is 60.9 Å². The molecule has 0 saturated heterocycles. The summed E-state index contributed by atoms with van der Waals surface area (Å²) in [4.78, 5) is 22.2. The molecular weight excluding hydrogens is 415 g/mol. The molecule has 0 aliphatic heterocycles. The van der Waals surface area contributed by atoms with Crippen molar-refractivity contribution in [3.8, 4) is 5.69 Å². The van der Waals surface area contributed by atoms with Crippen molar-refractivity contribution in [2.75, 3.05) is 0 Å². The van der Waals surface area contributed by atoms with Crippen LogP contribution in [0.1, 0.15) is 49.1 Å². The van der Waals surface area contributed by atoms with Gasteiger partial charge >= 0.3 is 0 Å². The first-order chi connectivity index (χ1) is 16.1. The van der Waals surface area contributed by atoms with E-state index in [2.05, 4.69) is 22.2 Å². The summed E-state index contributed by atoms with van der Waals surface area (Å²) in [6.07, 6.45) is 9.50. The van der Waals surface area contributed by atoms with Gasteiger partial charge in [-0.15, -0.1) is 0 Å². The summed E-state index contributed by atoms with van der Waals surface area (Å²) < 4.78 is 15.2. The highest BCUT2D eigenvalue weighted by molar-refractivity contribution is 5.81. The third kappa shape index (κ3) is 3.45. The molecule has 2 aliphatic carbocycles. The fourth-order valence-electron chi connectivity index (χ4n) is 5.93. The Labute approximate surface area is 191 Å². The van der Waals surface area contributed by atoms with Gasteiger partial charge in [-0.1, -0.05) is 6.07 Å². The van der Waals surface area contributed by atoms with Gasteiger partial charge in [-0.05, 0) is 86.1 Å². The quantitative estimate of drug-likeness (QED) is 0.443. The largest absolute Gasteiger partial charge is 0.300 e. The van der Waals surface area contributed by atoms with E-state index in [0.29, 0.717) is 24.5 Å². The Morgan fingerprint density at radius 2 is 2.00 bits per heavy atom. The molecule has 166 valence electrons. The molecule has 5 nitrogen and oxygen atoms in total. The van der Waals surface area contributed by atoms with Gasteiger partial charge in [0, 0.05) is 41.2 Å². The monoisotopic (exact) mass is 440 g/mol. The Morgan fingerprint density at radius 3 is 2.82 bits per heavy atom. The van der Waals surface area contributed by atoms with Crippen molar-refractivity contribution >= 4 is 16.8 Å². The Hall–Kier alpha value is -3.41. The summed E-state index contributed by atoms with van der Waals surface area (Å²) in [6, 6.07) is 14.6. The van der Waals surface area contributed by atoms with Gasteiger partial charge in [0.1, 0.15) is 11.6 Å². The van der Waals surface area contributed by atoms with Crippen LogP contribution in [0.4, 0.5) is 4.39 Å². The molecule has 3 aromatic heterocycles. The molecule has 3 heterocycles. The molecule has 2 unspecified atom stereocenters. The zero-order chi connectivity index (χ0) is 22.4. The number of halogens is 1. The van der Waals surface area contributed by atoms with Gasteiger partial charge in [-0.3, -0.25) is 9.78 Å². The van der Waals surface area contributed by atoms with Gasteiger partial charge < -0.3 is 0 Å². The summed E-state index contributed by atoms with van der Waals surface area (Å²) in [6.45, 7) is 0. The van der Waals surface area contributed by atoms with E-state index in [1.54, 1.807) is 16.8 Å². The average Bonchev–Trinajstić information content (AvgIpc) is 3.18. The second-order valence-electron chi connectivity index (χ2n) is 9.41. The van der Waals surface area contributed by atoms with E-state index in [4.69, 9.17) is 4.98 Å². The molecule has 2 atom stereocenters. The molecule has 0 N–H and O–H groups in total. The Morgan fingerprint density at radius 1 is 1.12 bits per heavy atom. The van der Waals surface area contributed by atoms with Gasteiger partial charge in [0.05, 0.1) is 11.9 Å². The Bertz CT molecular complexity index is 1330. The molecule has 1 aromatic carbocycles. The first-order valence-electron chi connectivity index (χ1n) is 11.7. The zero-order valence-corrected chi connectivity index (χ0v) is 18.4. The number of aromatic nitrogens is 4. The maximum atomic E-state index is 13.4. The molecule has 2 aliphatic rings. The third-order valence-corrected chi connectivity index (χ3v) is 7.52. The SMILES string of the molecule is O=C1CCC2(Cc3ccccn3)c3cc4cnn(-c5ccc(F)cc5)c4nc3CCCC2C1. The molecule has 6 rings (SSSR count). The molecular formula is C27H25FN4O. The number of rotatable bonds is 3. The van der Waals surface area contributed by atoms with Crippen LogP contribution >= 0.6 is 0 Å². The molecule has 0 bridgehead atoms. The first kappa shape index (κ1) is 20.2. The smallest absolute Gasteiger partial charge is 0.163 e. The third-order valence-electron chi connectivity index (χ3n) is 7.52. The van der Waals surface area contributed by atoms with Crippen LogP contribution in [-0.4, -0.2) is 25.5 Å². The van der Waals surface area contributed by atoms with E-state index in [1.807, 2.05) is 24.5 Å². The van der Waals surface area contributed by atoms with Crippen LogP contribution in [0.25, 0.3) is 16.7 Å². The number of pyridine rings is 2. The van der Waals surface area contributed by atoms with Crippen molar-refractivity contribution in [2.45, 2.75) is 50.4 Å². The van der Waals surface area contributed by atoms with Gasteiger partial charge in [0.2, 0.25) is 0 Å². The number of carbonyl (C=O) groups is 1. The minimum absolute atomic E-state index is 0.146. The highest BCUT2D eigenvalue weighted by atomic mass is 19.1. The normalized spacial score (nSPS) is 22.6. The predicted molar refractivity (Wildman–Crippen MR) is 124 cm³/mol. The molecule has 6 heteroatoms. The van der Waals surface area contributed by atoms with Crippen LogP contribution in [0, 0.1) is 11.7 Å². The van der Waals surface area contributed by atoms with Crippen molar-refractivity contribution < 1.29 is 9.18 Å². The topological polar surface area (TPSA) is 60.7 Å². The highest BCUT2D eigenvalue weighted by Crippen LogP contribution is 2.50. The molecule has 0 radical (unpaired) electrons. The van der Waals surface area contributed by atoms with E-state index in [-0.39, 0.29) is 11.2 Å². The number of Topliss-reactive ketones (excluding diaryl/α,β-unsaturated/α-hetero) is 1. The van der Waals surface area contributed by atoms with E-state index in [1.165, 1.54) is 17.7 Å².